The molecule has 1 aromatic carbocycles. The number of benzene rings is 1. The van der Waals surface area contributed by atoms with Gasteiger partial charge in [0, 0.05) is 6.04 Å². The van der Waals surface area contributed by atoms with E-state index in [4.69, 9.17) is 0 Å². The van der Waals surface area contributed by atoms with Gasteiger partial charge in [0.2, 0.25) is 15.9 Å². The smallest absolute Gasteiger partial charge is 0.244 e. The lowest BCUT2D eigenvalue weighted by Crippen LogP contribution is -2.51. The number of sulfonamides is 1. The summed E-state index contributed by atoms with van der Waals surface area (Å²) in [6.07, 6.45) is 9.49. The fraction of sp³-hybridized carbons (Fsp3) is 0.667. The number of nitrogens with one attached hydrogen (secondary N) is 1. The van der Waals surface area contributed by atoms with Gasteiger partial charge in [-0.1, -0.05) is 51.2 Å². The average Bonchev–Trinajstić information content (AvgIpc) is 2.56. The van der Waals surface area contributed by atoms with E-state index in [1.807, 2.05) is 39.0 Å². The second kappa shape index (κ2) is 9.58. The van der Waals surface area contributed by atoms with Crippen LogP contribution in [0.15, 0.2) is 18.2 Å². The number of carbonyl (C=O) groups is 1. The van der Waals surface area contributed by atoms with Crippen LogP contribution in [0.5, 0.6) is 0 Å². The summed E-state index contributed by atoms with van der Waals surface area (Å²) >= 11 is 0. The summed E-state index contributed by atoms with van der Waals surface area (Å²) in [4.78, 5) is 13.1. The van der Waals surface area contributed by atoms with Gasteiger partial charge in [-0.3, -0.25) is 9.10 Å². The van der Waals surface area contributed by atoms with E-state index in [-0.39, 0.29) is 11.9 Å². The Morgan fingerprint density at radius 3 is 2.30 bits per heavy atom. The van der Waals surface area contributed by atoms with Crippen molar-refractivity contribution < 1.29 is 13.2 Å². The third-order valence-electron chi connectivity index (χ3n) is 5.38. The monoisotopic (exact) mass is 394 g/mol. The predicted octanol–water partition coefficient (Wildman–Crippen LogP) is 4.08. The van der Waals surface area contributed by atoms with Crippen molar-refractivity contribution in [1.29, 1.82) is 0 Å². The second-order valence-corrected chi connectivity index (χ2v) is 9.68. The van der Waals surface area contributed by atoms with Gasteiger partial charge in [0.15, 0.2) is 0 Å². The first-order valence-electron chi connectivity index (χ1n) is 10.1. The minimum absolute atomic E-state index is 0.145. The first kappa shape index (κ1) is 21.7. The van der Waals surface area contributed by atoms with Crippen molar-refractivity contribution in [2.24, 2.45) is 0 Å². The van der Waals surface area contributed by atoms with E-state index in [0.29, 0.717) is 12.1 Å². The van der Waals surface area contributed by atoms with E-state index in [9.17, 15) is 13.2 Å². The number of aryl methyl sites for hydroxylation is 2. The molecule has 2 rings (SSSR count). The summed E-state index contributed by atoms with van der Waals surface area (Å²) in [6.45, 7) is 5.68. The van der Waals surface area contributed by atoms with Gasteiger partial charge in [0.05, 0.1) is 11.9 Å². The van der Waals surface area contributed by atoms with Crippen molar-refractivity contribution in [2.45, 2.75) is 84.2 Å². The number of anilines is 1. The van der Waals surface area contributed by atoms with E-state index in [2.05, 4.69) is 5.32 Å². The molecule has 1 aliphatic rings. The van der Waals surface area contributed by atoms with Crippen LogP contribution >= 0.6 is 0 Å². The summed E-state index contributed by atoms with van der Waals surface area (Å²) in [5.74, 6) is -0.186. The first-order chi connectivity index (χ1) is 12.7. The van der Waals surface area contributed by atoms with Crippen LogP contribution in [0, 0.1) is 13.8 Å². The van der Waals surface area contributed by atoms with E-state index >= 15 is 0 Å². The van der Waals surface area contributed by atoms with Crippen LogP contribution < -0.4 is 9.62 Å². The molecule has 0 unspecified atom stereocenters. The zero-order valence-corrected chi connectivity index (χ0v) is 17.9. The zero-order chi connectivity index (χ0) is 20.0. The Hall–Kier alpha value is -1.56. The summed E-state index contributed by atoms with van der Waals surface area (Å²) in [5.41, 5.74) is 2.42. The lowest BCUT2D eigenvalue weighted by Gasteiger charge is -2.33. The molecule has 0 saturated heterocycles. The molecule has 27 heavy (non-hydrogen) atoms. The number of amides is 1. The molecular weight excluding hydrogens is 360 g/mol. The van der Waals surface area contributed by atoms with E-state index < -0.39 is 16.1 Å². The molecule has 1 N–H and O–H groups in total. The number of hydrogen-bond acceptors (Lipinski definition) is 3. The zero-order valence-electron chi connectivity index (χ0n) is 17.1. The molecule has 1 amide bonds. The van der Waals surface area contributed by atoms with Gasteiger partial charge in [-0.15, -0.1) is 0 Å². The molecular formula is C21H34N2O3S. The SMILES string of the molecule is CC[C@H](C(=O)NC1CCCCCCC1)N(c1cc(C)ccc1C)S(C)(=O)=O. The summed E-state index contributed by atoms with van der Waals surface area (Å²) in [6, 6.07) is 5.12. The van der Waals surface area contributed by atoms with Crippen LogP contribution in [0.25, 0.3) is 0 Å². The largest absolute Gasteiger partial charge is 0.352 e. The van der Waals surface area contributed by atoms with Crippen molar-refractivity contribution in [3.63, 3.8) is 0 Å². The molecule has 1 saturated carbocycles. The second-order valence-electron chi connectivity index (χ2n) is 7.82. The van der Waals surface area contributed by atoms with E-state index in [1.165, 1.54) is 29.8 Å². The quantitative estimate of drug-likeness (QED) is 0.791. The van der Waals surface area contributed by atoms with Gasteiger partial charge in [-0.25, -0.2) is 8.42 Å². The lowest BCUT2D eigenvalue weighted by molar-refractivity contribution is -0.123. The minimum Gasteiger partial charge on any atom is -0.352 e. The van der Waals surface area contributed by atoms with E-state index in [1.54, 1.807) is 0 Å². The fourth-order valence-corrected chi connectivity index (χ4v) is 5.15. The van der Waals surface area contributed by atoms with Crippen LogP contribution in [0.3, 0.4) is 0 Å². The van der Waals surface area contributed by atoms with Crippen molar-refractivity contribution >= 4 is 21.6 Å². The molecule has 0 spiro atoms. The third kappa shape index (κ3) is 5.96. The minimum atomic E-state index is -3.59. The van der Waals surface area contributed by atoms with Gasteiger partial charge in [0.1, 0.15) is 6.04 Å². The van der Waals surface area contributed by atoms with Crippen molar-refractivity contribution in [3.05, 3.63) is 29.3 Å². The normalized spacial score (nSPS) is 17.6. The highest BCUT2D eigenvalue weighted by molar-refractivity contribution is 7.92. The predicted molar refractivity (Wildman–Crippen MR) is 112 cm³/mol. The highest BCUT2D eigenvalue weighted by Crippen LogP contribution is 2.28. The fourth-order valence-electron chi connectivity index (χ4n) is 3.89. The van der Waals surface area contributed by atoms with Gasteiger partial charge in [-0.2, -0.15) is 0 Å². The molecule has 0 radical (unpaired) electrons. The number of hydrogen-bond donors (Lipinski definition) is 1. The van der Waals surface area contributed by atoms with Crippen LogP contribution in [-0.2, 0) is 14.8 Å². The maximum absolute atomic E-state index is 13.1. The van der Waals surface area contributed by atoms with Crippen molar-refractivity contribution in [3.8, 4) is 0 Å². The van der Waals surface area contributed by atoms with Gasteiger partial charge < -0.3 is 5.32 Å². The molecule has 1 aliphatic carbocycles. The van der Waals surface area contributed by atoms with Crippen LogP contribution in [-0.4, -0.2) is 32.7 Å². The number of rotatable bonds is 6. The Kier molecular flexibility index (Phi) is 7.71. The van der Waals surface area contributed by atoms with E-state index in [0.717, 1.165) is 36.8 Å². The van der Waals surface area contributed by atoms with Gasteiger partial charge in [-0.05, 0) is 50.3 Å². The maximum Gasteiger partial charge on any atom is 0.244 e. The molecule has 0 heterocycles. The van der Waals surface area contributed by atoms with Gasteiger partial charge in [0.25, 0.3) is 0 Å². The molecule has 0 aliphatic heterocycles. The Balaban J connectivity index is 2.29. The molecule has 1 aromatic rings. The van der Waals surface area contributed by atoms with Crippen molar-refractivity contribution in [2.75, 3.05) is 10.6 Å². The maximum atomic E-state index is 13.1. The van der Waals surface area contributed by atoms with Crippen molar-refractivity contribution in [1.82, 2.24) is 5.32 Å². The molecule has 0 bridgehead atoms. The molecule has 6 heteroatoms. The third-order valence-corrected chi connectivity index (χ3v) is 6.55. The topological polar surface area (TPSA) is 66.5 Å². The standard InChI is InChI=1S/C21H34N2O3S/c1-5-19(21(24)22-18-11-9-7-6-8-10-12-18)23(27(4,25)26)20-15-16(2)13-14-17(20)3/h13-15,18-19H,5-12H2,1-4H3,(H,22,24)/t19-/m1/s1. The Morgan fingerprint density at radius 1 is 1.15 bits per heavy atom. The Bertz CT molecular complexity index is 738. The Labute approximate surface area is 164 Å². The molecule has 152 valence electrons. The summed E-state index contributed by atoms with van der Waals surface area (Å²) < 4.78 is 26.6. The lowest BCUT2D eigenvalue weighted by atomic mass is 9.96. The molecule has 0 aromatic heterocycles. The van der Waals surface area contributed by atoms with Crippen LogP contribution in [0.1, 0.15) is 69.4 Å². The molecule has 5 nitrogen and oxygen atoms in total. The summed E-state index contributed by atoms with van der Waals surface area (Å²) in [5, 5.41) is 3.15. The van der Waals surface area contributed by atoms with Crippen LogP contribution in [0.4, 0.5) is 5.69 Å². The molecule has 1 atom stereocenters. The van der Waals surface area contributed by atoms with Gasteiger partial charge >= 0.3 is 0 Å². The first-order valence-corrected chi connectivity index (χ1v) is 12.0. The highest BCUT2D eigenvalue weighted by Gasteiger charge is 2.33. The Morgan fingerprint density at radius 2 is 1.74 bits per heavy atom. The highest BCUT2D eigenvalue weighted by atomic mass is 32.2. The number of carbonyl (C=O) groups excluding carboxylic acids is 1. The van der Waals surface area contributed by atoms with Crippen LogP contribution in [0.2, 0.25) is 0 Å². The summed E-state index contributed by atoms with van der Waals surface area (Å²) in [7, 11) is -3.59. The average molecular weight is 395 g/mol. The number of nitrogens with zero attached hydrogens (tertiary/aromatic N) is 1. The molecule has 1 fully saturated rings.